The molecule has 0 spiro atoms. The second-order valence-corrected chi connectivity index (χ2v) is 7.05. The van der Waals surface area contributed by atoms with Gasteiger partial charge in [-0.15, -0.1) is 0 Å². The topological polar surface area (TPSA) is 75.9 Å². The minimum Gasteiger partial charge on any atom is -0.509 e. The molecule has 0 amide bonds. The van der Waals surface area contributed by atoms with E-state index in [9.17, 15) is 10.4 Å². The molecule has 1 aromatic heterocycles. The lowest BCUT2D eigenvalue weighted by atomic mass is 9.90. The first kappa shape index (κ1) is 16.5. The number of benzene rings is 1. The predicted molar refractivity (Wildman–Crippen MR) is 95.2 cm³/mol. The number of para-hydroxylation sites is 2. The zero-order chi connectivity index (χ0) is 17.3. The summed E-state index contributed by atoms with van der Waals surface area (Å²) in [5, 5.41) is 20.3. The number of rotatable bonds is 3. The number of aromatic nitrogens is 2. The van der Waals surface area contributed by atoms with Crippen LogP contribution < -0.4 is 0 Å². The molecular formula is C19H24N4O. The highest BCUT2D eigenvalue weighted by Gasteiger charge is 2.29. The molecule has 0 bridgehead atoms. The molecule has 1 aliphatic heterocycles. The van der Waals surface area contributed by atoms with Crippen molar-refractivity contribution in [2.75, 3.05) is 13.1 Å². The largest absolute Gasteiger partial charge is 0.509 e. The first-order chi connectivity index (χ1) is 11.5. The quantitative estimate of drug-likeness (QED) is 0.666. The van der Waals surface area contributed by atoms with E-state index in [2.05, 4.69) is 34.8 Å². The van der Waals surface area contributed by atoms with Gasteiger partial charge < -0.3 is 10.1 Å². The Balaban J connectivity index is 1.93. The van der Waals surface area contributed by atoms with Crippen LogP contribution in [0.5, 0.6) is 0 Å². The number of aliphatic hydroxyl groups excluding tert-OH is 1. The van der Waals surface area contributed by atoms with Gasteiger partial charge in [-0.05, 0) is 37.3 Å². The summed E-state index contributed by atoms with van der Waals surface area (Å²) in [6, 6.07) is 9.55. The van der Waals surface area contributed by atoms with Crippen molar-refractivity contribution in [3.05, 3.63) is 35.8 Å². The summed E-state index contributed by atoms with van der Waals surface area (Å²) in [6.45, 7) is 8.31. The lowest BCUT2D eigenvalue weighted by Crippen LogP contribution is -2.44. The van der Waals surface area contributed by atoms with E-state index in [1.807, 2.05) is 31.2 Å². The number of imidazole rings is 1. The van der Waals surface area contributed by atoms with Crippen molar-refractivity contribution < 1.29 is 5.11 Å². The molecular weight excluding hydrogens is 300 g/mol. The van der Waals surface area contributed by atoms with Crippen LogP contribution in [0.25, 0.3) is 16.6 Å². The van der Waals surface area contributed by atoms with E-state index in [1.165, 1.54) is 6.42 Å². The number of aliphatic hydroxyl groups is 1. The normalized spacial score (nSPS) is 24.4. The van der Waals surface area contributed by atoms with Crippen LogP contribution in [-0.2, 0) is 0 Å². The number of fused-ring (bicyclic) bond motifs is 1. The Morgan fingerprint density at radius 2 is 2.00 bits per heavy atom. The maximum Gasteiger partial charge on any atom is 0.152 e. The van der Waals surface area contributed by atoms with Crippen LogP contribution >= 0.6 is 0 Å². The standard InChI is InChI=1S/C19H24N4O/c1-12-8-13(2)11-23(10-12)14(3)18(24)15(9-20)19-21-16-6-4-5-7-17(16)22-19/h4-7,12-14,24H,8,10-11H2,1-3H3,(H,21,22)/b18-15-/t12-,13+,14-/m0/s1. The smallest absolute Gasteiger partial charge is 0.152 e. The SMILES string of the molecule is C[C@@H]1C[C@H](C)CN([C@@H](C)/C(O)=C(\C#N)c2nc3ccccc3[nH]2)C1. The van der Waals surface area contributed by atoms with Crippen LogP contribution in [0.3, 0.4) is 0 Å². The number of hydrogen-bond acceptors (Lipinski definition) is 4. The average Bonchev–Trinajstić information content (AvgIpc) is 2.97. The molecule has 3 atom stereocenters. The summed E-state index contributed by atoms with van der Waals surface area (Å²) in [5.74, 6) is 1.72. The second-order valence-electron chi connectivity index (χ2n) is 7.05. The van der Waals surface area contributed by atoms with E-state index >= 15 is 0 Å². The molecule has 1 saturated heterocycles. The number of likely N-dealkylation sites (tertiary alicyclic amines) is 1. The van der Waals surface area contributed by atoms with Gasteiger partial charge in [-0.25, -0.2) is 4.98 Å². The Kier molecular flexibility index (Phi) is 4.59. The van der Waals surface area contributed by atoms with Crippen molar-refractivity contribution in [3.63, 3.8) is 0 Å². The third kappa shape index (κ3) is 3.15. The summed E-state index contributed by atoms with van der Waals surface area (Å²) in [5.41, 5.74) is 1.88. The Labute approximate surface area is 142 Å². The van der Waals surface area contributed by atoms with E-state index in [0.717, 1.165) is 24.1 Å². The molecule has 1 aliphatic rings. The van der Waals surface area contributed by atoms with Gasteiger partial charge in [0.15, 0.2) is 5.82 Å². The van der Waals surface area contributed by atoms with Crippen LogP contribution in [0.4, 0.5) is 0 Å². The summed E-state index contributed by atoms with van der Waals surface area (Å²) in [6.07, 6.45) is 1.21. The Bertz CT molecular complexity index is 758. The number of nitrogens with one attached hydrogen (secondary N) is 1. The molecule has 2 aromatic rings. The molecule has 1 fully saturated rings. The van der Waals surface area contributed by atoms with Crippen LogP contribution in [0, 0.1) is 23.2 Å². The van der Waals surface area contributed by atoms with Gasteiger partial charge in [-0.3, -0.25) is 4.90 Å². The van der Waals surface area contributed by atoms with Gasteiger partial charge in [0.1, 0.15) is 17.4 Å². The Morgan fingerprint density at radius 1 is 1.33 bits per heavy atom. The number of nitrogens with zero attached hydrogens (tertiary/aromatic N) is 3. The fraction of sp³-hybridized carbons (Fsp3) is 0.474. The summed E-state index contributed by atoms with van der Waals surface area (Å²) < 4.78 is 0. The van der Waals surface area contributed by atoms with Gasteiger partial charge in [0.05, 0.1) is 17.1 Å². The summed E-state index contributed by atoms with van der Waals surface area (Å²) >= 11 is 0. The van der Waals surface area contributed by atoms with Crippen LogP contribution in [0.2, 0.25) is 0 Å². The fourth-order valence-electron chi connectivity index (χ4n) is 3.71. The van der Waals surface area contributed by atoms with Crippen molar-refractivity contribution in [2.45, 2.75) is 33.2 Å². The van der Waals surface area contributed by atoms with Crippen LogP contribution in [0.15, 0.2) is 30.0 Å². The molecule has 0 unspecified atom stereocenters. The lowest BCUT2D eigenvalue weighted by Gasteiger charge is -2.38. The zero-order valence-corrected chi connectivity index (χ0v) is 14.5. The highest BCUT2D eigenvalue weighted by molar-refractivity contribution is 5.82. The van der Waals surface area contributed by atoms with Crippen molar-refractivity contribution in [1.29, 1.82) is 5.26 Å². The fourth-order valence-corrected chi connectivity index (χ4v) is 3.71. The number of allylic oxidation sites excluding steroid dienone is 1. The van der Waals surface area contributed by atoms with Crippen LogP contribution in [0.1, 0.15) is 33.0 Å². The molecule has 0 radical (unpaired) electrons. The molecule has 0 saturated carbocycles. The molecule has 24 heavy (non-hydrogen) atoms. The maximum absolute atomic E-state index is 10.7. The first-order valence-corrected chi connectivity index (χ1v) is 8.52. The maximum atomic E-state index is 10.7. The van der Waals surface area contributed by atoms with Crippen molar-refractivity contribution in [3.8, 4) is 6.07 Å². The van der Waals surface area contributed by atoms with Gasteiger partial charge in [0, 0.05) is 13.1 Å². The van der Waals surface area contributed by atoms with E-state index in [4.69, 9.17) is 0 Å². The molecule has 2 heterocycles. The molecule has 5 nitrogen and oxygen atoms in total. The number of aromatic amines is 1. The van der Waals surface area contributed by atoms with Gasteiger partial charge >= 0.3 is 0 Å². The van der Waals surface area contributed by atoms with Gasteiger partial charge in [-0.2, -0.15) is 5.26 Å². The Morgan fingerprint density at radius 3 is 2.62 bits per heavy atom. The minimum absolute atomic E-state index is 0.0952. The molecule has 5 heteroatoms. The third-order valence-corrected chi connectivity index (χ3v) is 4.83. The Hall–Kier alpha value is -2.32. The number of H-pyrrole nitrogens is 1. The molecule has 0 aliphatic carbocycles. The van der Waals surface area contributed by atoms with E-state index in [0.29, 0.717) is 17.7 Å². The van der Waals surface area contributed by atoms with Crippen LogP contribution in [-0.4, -0.2) is 39.1 Å². The van der Waals surface area contributed by atoms with E-state index in [1.54, 1.807) is 0 Å². The first-order valence-electron chi connectivity index (χ1n) is 8.52. The third-order valence-electron chi connectivity index (χ3n) is 4.83. The predicted octanol–water partition coefficient (Wildman–Crippen LogP) is 3.72. The molecule has 1 aromatic carbocycles. The summed E-state index contributed by atoms with van der Waals surface area (Å²) in [7, 11) is 0. The lowest BCUT2D eigenvalue weighted by molar-refractivity contribution is 0.0983. The number of hydrogen-bond donors (Lipinski definition) is 2. The molecule has 2 N–H and O–H groups in total. The minimum atomic E-state index is -0.196. The second kappa shape index (κ2) is 6.66. The van der Waals surface area contributed by atoms with E-state index < -0.39 is 0 Å². The highest BCUT2D eigenvalue weighted by Crippen LogP contribution is 2.27. The van der Waals surface area contributed by atoms with Crippen molar-refractivity contribution in [1.82, 2.24) is 14.9 Å². The number of piperidine rings is 1. The van der Waals surface area contributed by atoms with E-state index in [-0.39, 0.29) is 17.4 Å². The van der Waals surface area contributed by atoms with Gasteiger partial charge in [0.25, 0.3) is 0 Å². The average molecular weight is 324 g/mol. The highest BCUT2D eigenvalue weighted by atomic mass is 16.3. The summed E-state index contributed by atoms with van der Waals surface area (Å²) in [4.78, 5) is 9.84. The molecule has 126 valence electrons. The molecule has 3 rings (SSSR count). The van der Waals surface area contributed by atoms with Crippen molar-refractivity contribution >= 4 is 16.6 Å². The monoisotopic (exact) mass is 324 g/mol. The van der Waals surface area contributed by atoms with Gasteiger partial charge in [0.2, 0.25) is 0 Å². The number of nitriles is 1. The zero-order valence-electron chi connectivity index (χ0n) is 14.5. The van der Waals surface area contributed by atoms with Gasteiger partial charge in [-0.1, -0.05) is 26.0 Å². The van der Waals surface area contributed by atoms with Crippen molar-refractivity contribution in [2.24, 2.45) is 11.8 Å².